The van der Waals surface area contributed by atoms with Crippen LogP contribution in [0.5, 0.6) is 5.75 Å². The van der Waals surface area contributed by atoms with E-state index in [2.05, 4.69) is 0 Å². The second kappa shape index (κ2) is 4.11. The zero-order valence-electron chi connectivity index (χ0n) is 8.27. The first kappa shape index (κ1) is 10.5. The molecule has 0 unspecified atom stereocenters. The molecule has 0 bridgehead atoms. The molecule has 0 atom stereocenters. The summed E-state index contributed by atoms with van der Waals surface area (Å²) in [6.45, 7) is 3.66. The van der Waals surface area contributed by atoms with Crippen molar-refractivity contribution in [3.63, 3.8) is 0 Å². The van der Waals surface area contributed by atoms with Crippen molar-refractivity contribution in [3.8, 4) is 5.75 Å². The minimum Gasteiger partial charge on any atom is -0.508 e. The van der Waals surface area contributed by atoms with Crippen LogP contribution in [0.15, 0.2) is 24.3 Å². The van der Waals surface area contributed by atoms with Gasteiger partial charge in [-0.05, 0) is 38.1 Å². The summed E-state index contributed by atoms with van der Waals surface area (Å²) >= 11 is 0. The number of benzene rings is 1. The van der Waals surface area contributed by atoms with Gasteiger partial charge in [0, 0.05) is 11.6 Å². The Morgan fingerprint density at radius 2 is 1.86 bits per heavy atom. The van der Waals surface area contributed by atoms with E-state index in [0.29, 0.717) is 5.56 Å². The van der Waals surface area contributed by atoms with Gasteiger partial charge in [0.05, 0.1) is 0 Å². The molecule has 1 aromatic rings. The Hall–Kier alpha value is -1.55. The molecule has 0 fully saturated rings. The van der Waals surface area contributed by atoms with Crippen LogP contribution in [-0.2, 0) is 0 Å². The van der Waals surface area contributed by atoms with Gasteiger partial charge in [-0.1, -0.05) is 0 Å². The van der Waals surface area contributed by atoms with E-state index in [4.69, 9.17) is 10.9 Å². The van der Waals surface area contributed by atoms with Crippen LogP contribution in [0.4, 0.5) is 0 Å². The van der Waals surface area contributed by atoms with Crippen LogP contribution in [0.1, 0.15) is 24.2 Å². The van der Waals surface area contributed by atoms with Gasteiger partial charge in [-0.3, -0.25) is 9.80 Å². The van der Waals surface area contributed by atoms with Crippen LogP contribution < -0.4 is 5.84 Å². The summed E-state index contributed by atoms with van der Waals surface area (Å²) in [4.78, 5) is 11.6. The molecule has 0 radical (unpaired) electrons. The van der Waals surface area contributed by atoms with Gasteiger partial charge in [0.25, 0.3) is 5.91 Å². The second-order valence-corrected chi connectivity index (χ2v) is 3.35. The fraction of sp³-hybridized carbons (Fsp3) is 0.300. The molecular weight excluding hydrogens is 180 g/mol. The number of hydrogen-bond donors (Lipinski definition) is 2. The Labute approximate surface area is 82.9 Å². The number of aromatic hydroxyl groups is 1. The van der Waals surface area contributed by atoms with E-state index in [1.807, 2.05) is 13.8 Å². The van der Waals surface area contributed by atoms with Gasteiger partial charge >= 0.3 is 0 Å². The highest BCUT2D eigenvalue weighted by molar-refractivity contribution is 5.94. The third kappa shape index (κ3) is 2.23. The largest absolute Gasteiger partial charge is 0.508 e. The molecule has 1 rings (SSSR count). The van der Waals surface area contributed by atoms with Crippen molar-refractivity contribution in [2.24, 2.45) is 5.84 Å². The molecule has 1 amide bonds. The molecule has 76 valence electrons. The summed E-state index contributed by atoms with van der Waals surface area (Å²) in [5.74, 6) is 5.44. The van der Waals surface area contributed by atoms with E-state index in [-0.39, 0.29) is 17.7 Å². The molecule has 0 aliphatic carbocycles. The van der Waals surface area contributed by atoms with E-state index in [0.717, 1.165) is 5.01 Å². The SMILES string of the molecule is CC(C)N(N)C(=O)c1ccc(O)cc1. The minimum absolute atomic E-state index is 0.0451. The Morgan fingerprint density at radius 3 is 2.29 bits per heavy atom. The zero-order valence-corrected chi connectivity index (χ0v) is 8.27. The highest BCUT2D eigenvalue weighted by Gasteiger charge is 2.14. The first-order valence-electron chi connectivity index (χ1n) is 4.39. The Morgan fingerprint density at radius 1 is 1.36 bits per heavy atom. The Balaban J connectivity index is 2.84. The van der Waals surface area contributed by atoms with E-state index >= 15 is 0 Å². The maximum Gasteiger partial charge on any atom is 0.268 e. The number of phenols is 1. The Kier molecular flexibility index (Phi) is 3.09. The summed E-state index contributed by atoms with van der Waals surface area (Å²) in [5, 5.41) is 10.2. The average molecular weight is 194 g/mol. The first-order chi connectivity index (χ1) is 6.52. The normalized spacial score (nSPS) is 10.3. The zero-order chi connectivity index (χ0) is 10.7. The lowest BCUT2D eigenvalue weighted by atomic mass is 10.2. The van der Waals surface area contributed by atoms with Crippen molar-refractivity contribution in [1.82, 2.24) is 5.01 Å². The minimum atomic E-state index is -0.250. The predicted octanol–water partition coefficient (Wildman–Crippen LogP) is 1.12. The Bertz CT molecular complexity index is 319. The fourth-order valence-electron chi connectivity index (χ4n) is 0.988. The molecule has 1 aromatic carbocycles. The van der Waals surface area contributed by atoms with Crippen LogP contribution in [0, 0.1) is 0 Å². The number of amides is 1. The first-order valence-corrected chi connectivity index (χ1v) is 4.39. The number of hydrogen-bond acceptors (Lipinski definition) is 3. The highest BCUT2D eigenvalue weighted by atomic mass is 16.3. The number of phenolic OH excluding ortho intramolecular Hbond substituents is 1. The maximum absolute atomic E-state index is 11.6. The quantitative estimate of drug-likeness (QED) is 0.421. The van der Waals surface area contributed by atoms with Gasteiger partial charge in [-0.2, -0.15) is 0 Å². The van der Waals surface area contributed by atoms with E-state index in [1.54, 1.807) is 12.1 Å². The molecule has 0 saturated carbocycles. The lowest BCUT2D eigenvalue weighted by Crippen LogP contribution is -2.42. The van der Waals surface area contributed by atoms with Crippen molar-refractivity contribution >= 4 is 5.91 Å². The second-order valence-electron chi connectivity index (χ2n) is 3.35. The van der Waals surface area contributed by atoms with Gasteiger partial charge in [0.15, 0.2) is 0 Å². The predicted molar refractivity (Wildman–Crippen MR) is 53.6 cm³/mol. The highest BCUT2D eigenvalue weighted by Crippen LogP contribution is 2.11. The van der Waals surface area contributed by atoms with Gasteiger partial charge in [0.2, 0.25) is 0 Å². The molecule has 4 heteroatoms. The number of carbonyl (C=O) groups is 1. The van der Waals surface area contributed by atoms with Crippen LogP contribution in [0.3, 0.4) is 0 Å². The summed E-state index contributed by atoms with van der Waals surface area (Å²) in [7, 11) is 0. The number of nitrogens with zero attached hydrogens (tertiary/aromatic N) is 1. The van der Waals surface area contributed by atoms with Crippen LogP contribution in [0.25, 0.3) is 0 Å². The van der Waals surface area contributed by atoms with E-state index in [1.165, 1.54) is 12.1 Å². The summed E-state index contributed by atoms with van der Waals surface area (Å²) < 4.78 is 0. The topological polar surface area (TPSA) is 66.6 Å². The molecule has 0 aromatic heterocycles. The molecular formula is C10H14N2O2. The van der Waals surface area contributed by atoms with Crippen molar-refractivity contribution < 1.29 is 9.90 Å². The van der Waals surface area contributed by atoms with Gasteiger partial charge in [0.1, 0.15) is 5.75 Å². The molecule has 0 saturated heterocycles. The lowest BCUT2D eigenvalue weighted by Gasteiger charge is -2.20. The fourth-order valence-corrected chi connectivity index (χ4v) is 0.988. The number of carbonyl (C=O) groups excluding carboxylic acids is 1. The lowest BCUT2D eigenvalue weighted by molar-refractivity contribution is 0.0705. The smallest absolute Gasteiger partial charge is 0.268 e. The van der Waals surface area contributed by atoms with Gasteiger partial charge in [-0.15, -0.1) is 0 Å². The average Bonchev–Trinajstić information content (AvgIpc) is 2.16. The molecule has 3 N–H and O–H groups in total. The van der Waals surface area contributed by atoms with E-state index < -0.39 is 0 Å². The molecule has 0 spiro atoms. The van der Waals surface area contributed by atoms with Crippen LogP contribution in [-0.4, -0.2) is 22.1 Å². The van der Waals surface area contributed by atoms with Gasteiger partial charge in [-0.25, -0.2) is 5.84 Å². The molecule has 4 nitrogen and oxygen atoms in total. The summed E-state index contributed by atoms with van der Waals surface area (Å²) in [5.41, 5.74) is 0.471. The van der Waals surface area contributed by atoms with Crippen LogP contribution >= 0.6 is 0 Å². The molecule has 0 aliphatic rings. The van der Waals surface area contributed by atoms with Crippen molar-refractivity contribution in [2.45, 2.75) is 19.9 Å². The van der Waals surface area contributed by atoms with Crippen molar-refractivity contribution in [3.05, 3.63) is 29.8 Å². The third-order valence-corrected chi connectivity index (χ3v) is 1.91. The maximum atomic E-state index is 11.6. The van der Waals surface area contributed by atoms with Crippen molar-refractivity contribution in [1.29, 1.82) is 0 Å². The standard InChI is InChI=1S/C10H14N2O2/c1-7(2)12(11)10(14)8-3-5-9(13)6-4-8/h3-7,13H,11H2,1-2H3. The van der Waals surface area contributed by atoms with Crippen molar-refractivity contribution in [2.75, 3.05) is 0 Å². The summed E-state index contributed by atoms with van der Waals surface area (Å²) in [6, 6.07) is 5.96. The van der Waals surface area contributed by atoms with Crippen LogP contribution in [0.2, 0.25) is 0 Å². The van der Waals surface area contributed by atoms with E-state index in [9.17, 15) is 4.79 Å². The summed E-state index contributed by atoms with van der Waals surface area (Å²) in [6.07, 6.45) is 0. The molecule has 0 aliphatic heterocycles. The van der Waals surface area contributed by atoms with Gasteiger partial charge < -0.3 is 5.11 Å². The number of rotatable bonds is 2. The number of nitrogens with two attached hydrogens (primary N) is 1. The number of hydrazine groups is 1. The third-order valence-electron chi connectivity index (χ3n) is 1.91. The monoisotopic (exact) mass is 194 g/mol. The molecule has 14 heavy (non-hydrogen) atoms. The molecule has 0 heterocycles.